The Morgan fingerprint density at radius 3 is 2.53 bits per heavy atom. The molecule has 0 radical (unpaired) electrons. The van der Waals surface area contributed by atoms with Crippen LogP contribution in [0.2, 0.25) is 0 Å². The number of carbonyl (C=O) groups excluding carboxylic acids is 1. The summed E-state index contributed by atoms with van der Waals surface area (Å²) in [7, 11) is 0. The summed E-state index contributed by atoms with van der Waals surface area (Å²) in [5.41, 5.74) is 14.4. The van der Waals surface area contributed by atoms with Crippen LogP contribution >= 0.6 is 11.8 Å². The smallest absolute Gasteiger partial charge is 0.234 e. The van der Waals surface area contributed by atoms with E-state index in [9.17, 15) is 19.7 Å². The molecule has 10 heteroatoms. The first-order chi connectivity index (χ1) is 16.4. The molecular weight excluding hydrogens is 453 g/mol. The van der Waals surface area contributed by atoms with Gasteiger partial charge in [-0.3, -0.25) is 4.79 Å². The average molecular weight is 482 g/mol. The first-order valence-electron chi connectivity index (χ1n) is 11.1. The minimum absolute atomic E-state index is 0.0501. The van der Waals surface area contributed by atoms with Crippen molar-refractivity contribution in [2.75, 3.05) is 24.5 Å². The van der Waals surface area contributed by atoms with E-state index >= 15 is 0 Å². The number of rotatable bonds is 8. The zero-order valence-electron chi connectivity index (χ0n) is 19.1. The number of carbonyl (C=O) groups is 1. The molecule has 0 saturated carbocycles. The second-order valence-corrected chi connectivity index (χ2v) is 9.01. The molecule has 0 spiro atoms. The highest BCUT2D eigenvalue weighted by atomic mass is 32.2. The van der Waals surface area contributed by atoms with Gasteiger partial charge in [0.25, 0.3) is 0 Å². The molecule has 2 unspecified atom stereocenters. The molecule has 2 heterocycles. The number of amides is 1. The van der Waals surface area contributed by atoms with Crippen LogP contribution in [0.15, 0.2) is 29.3 Å². The molecule has 1 amide bonds. The topological polar surface area (TPSA) is 145 Å². The van der Waals surface area contributed by atoms with E-state index in [-0.39, 0.29) is 19.0 Å². The fourth-order valence-electron chi connectivity index (χ4n) is 3.81. The highest BCUT2D eigenvalue weighted by molar-refractivity contribution is 7.98. The molecule has 1 aliphatic rings. The minimum Gasteiger partial charge on any atom is -0.352 e. The summed E-state index contributed by atoms with van der Waals surface area (Å²) in [5.74, 6) is 0.761. The number of nitriles is 2. The van der Waals surface area contributed by atoms with Crippen molar-refractivity contribution < 1.29 is 9.18 Å². The van der Waals surface area contributed by atoms with Crippen LogP contribution in [0.25, 0.3) is 0 Å². The van der Waals surface area contributed by atoms with Gasteiger partial charge in [0.05, 0.1) is 24.2 Å². The maximum Gasteiger partial charge on any atom is 0.234 e. The van der Waals surface area contributed by atoms with Crippen LogP contribution in [-0.2, 0) is 23.5 Å². The summed E-state index contributed by atoms with van der Waals surface area (Å²) in [6.07, 6.45) is -0.243. The van der Waals surface area contributed by atoms with Crippen LogP contribution in [0.5, 0.6) is 0 Å². The Bertz CT molecular complexity index is 1110. The predicted octanol–water partition coefficient (Wildman–Crippen LogP) is 2.13. The van der Waals surface area contributed by atoms with Gasteiger partial charge in [0.2, 0.25) is 5.91 Å². The van der Waals surface area contributed by atoms with Crippen LogP contribution in [0.3, 0.4) is 0 Å². The molecule has 0 bridgehead atoms. The largest absolute Gasteiger partial charge is 0.352 e. The summed E-state index contributed by atoms with van der Waals surface area (Å²) in [5, 5.41) is 22.9. The van der Waals surface area contributed by atoms with E-state index < -0.39 is 12.2 Å². The van der Waals surface area contributed by atoms with E-state index in [4.69, 9.17) is 11.5 Å². The van der Waals surface area contributed by atoms with Crippen molar-refractivity contribution in [1.82, 2.24) is 10.3 Å². The molecule has 1 aromatic carbocycles. The van der Waals surface area contributed by atoms with E-state index in [2.05, 4.69) is 22.4 Å². The Labute approximate surface area is 203 Å². The lowest BCUT2D eigenvalue weighted by molar-refractivity contribution is -0.119. The number of aromatic nitrogens is 1. The van der Waals surface area contributed by atoms with E-state index in [1.54, 1.807) is 4.90 Å². The summed E-state index contributed by atoms with van der Waals surface area (Å²) in [4.78, 5) is 17.8. The third-order valence-electron chi connectivity index (χ3n) is 5.79. The Morgan fingerprint density at radius 2 is 1.94 bits per heavy atom. The fourth-order valence-corrected chi connectivity index (χ4v) is 4.77. The zero-order valence-corrected chi connectivity index (χ0v) is 19.9. The summed E-state index contributed by atoms with van der Waals surface area (Å²) < 4.78 is 14.3. The number of anilines is 1. The number of halogens is 1. The monoisotopic (exact) mass is 481 g/mol. The number of alkyl halides is 1. The van der Waals surface area contributed by atoms with Crippen molar-refractivity contribution in [1.29, 1.82) is 10.5 Å². The second-order valence-electron chi connectivity index (χ2n) is 8.05. The number of benzene rings is 1. The number of nitrogens with two attached hydrogens (primary N) is 2. The molecule has 2 aromatic rings. The molecule has 1 fully saturated rings. The number of hydrogen-bond donors (Lipinski definition) is 3. The first kappa shape index (κ1) is 25.4. The van der Waals surface area contributed by atoms with Crippen LogP contribution in [0.1, 0.15) is 41.2 Å². The Morgan fingerprint density at radius 1 is 1.26 bits per heavy atom. The van der Waals surface area contributed by atoms with Crippen LogP contribution < -0.4 is 21.7 Å². The maximum absolute atomic E-state index is 14.3. The highest BCUT2D eigenvalue weighted by Crippen LogP contribution is 2.34. The number of piperidine rings is 1. The zero-order chi connectivity index (χ0) is 24.7. The number of nitrogens with one attached hydrogen (secondary N) is 1. The lowest BCUT2D eigenvalue weighted by atomic mass is 9.99. The van der Waals surface area contributed by atoms with Crippen molar-refractivity contribution in [3.8, 4) is 12.1 Å². The first-order valence-corrected chi connectivity index (χ1v) is 12.1. The number of nitrogens with zero attached hydrogens (tertiary/aromatic N) is 4. The van der Waals surface area contributed by atoms with E-state index in [0.717, 1.165) is 11.1 Å². The lowest BCUT2D eigenvalue weighted by Gasteiger charge is -2.34. The van der Waals surface area contributed by atoms with Gasteiger partial charge in [-0.15, -0.1) is 11.8 Å². The molecule has 1 aromatic heterocycles. The molecule has 1 aliphatic heterocycles. The molecule has 8 nitrogen and oxygen atoms in total. The van der Waals surface area contributed by atoms with Crippen LogP contribution in [0.4, 0.5) is 10.2 Å². The third-order valence-corrected chi connectivity index (χ3v) is 6.84. The van der Waals surface area contributed by atoms with Crippen molar-refractivity contribution in [3.05, 3.63) is 52.1 Å². The summed E-state index contributed by atoms with van der Waals surface area (Å²) in [6.45, 7) is 2.82. The van der Waals surface area contributed by atoms with Gasteiger partial charge in [-0.1, -0.05) is 31.2 Å². The third kappa shape index (κ3) is 5.84. The second kappa shape index (κ2) is 11.8. The lowest BCUT2D eigenvalue weighted by Crippen LogP contribution is -2.49. The number of thioether (sulfide) groups is 1. The average Bonchev–Trinajstić information content (AvgIpc) is 2.86. The summed E-state index contributed by atoms with van der Waals surface area (Å²) in [6, 6.07) is 11.6. The van der Waals surface area contributed by atoms with Gasteiger partial charge >= 0.3 is 0 Å². The molecule has 178 valence electrons. The molecule has 3 rings (SSSR count). The number of hydrogen-bond acceptors (Lipinski definition) is 8. The Balaban J connectivity index is 1.84. The van der Waals surface area contributed by atoms with Crippen molar-refractivity contribution in [2.45, 2.75) is 49.3 Å². The molecule has 0 aliphatic carbocycles. The maximum atomic E-state index is 14.3. The predicted molar refractivity (Wildman–Crippen MR) is 130 cm³/mol. The Hall–Kier alpha value is -3.18. The van der Waals surface area contributed by atoms with Gasteiger partial charge < -0.3 is 21.7 Å². The van der Waals surface area contributed by atoms with E-state index in [1.807, 2.05) is 31.2 Å². The van der Waals surface area contributed by atoms with Crippen LogP contribution in [-0.4, -0.2) is 42.7 Å². The standard InChI is InChI=1S/C24H28FN7OS/c1-2-17-18(9-26)23(32-8-7-21(29)20(25)13-32)31-24(19(17)10-27)34-14-16-5-3-15(4-6-16)12-30-22(33)11-28/h3-6,20-21H,2,7-8,11-14,28-29H2,1H3,(H,30,33). The normalized spacial score (nSPS) is 17.6. The Kier molecular flexibility index (Phi) is 8.83. The number of pyridine rings is 1. The van der Waals surface area contributed by atoms with E-state index in [1.165, 1.54) is 11.8 Å². The van der Waals surface area contributed by atoms with Gasteiger partial charge in [-0.05, 0) is 29.5 Å². The van der Waals surface area contributed by atoms with E-state index in [0.29, 0.717) is 59.2 Å². The van der Waals surface area contributed by atoms with Gasteiger partial charge in [0.1, 0.15) is 29.2 Å². The van der Waals surface area contributed by atoms with Gasteiger partial charge in [-0.2, -0.15) is 10.5 Å². The fraction of sp³-hybridized carbons (Fsp3) is 0.417. The molecule has 5 N–H and O–H groups in total. The quantitative estimate of drug-likeness (QED) is 0.486. The van der Waals surface area contributed by atoms with Gasteiger partial charge in [0.15, 0.2) is 0 Å². The van der Waals surface area contributed by atoms with Gasteiger partial charge in [0, 0.05) is 24.9 Å². The van der Waals surface area contributed by atoms with Crippen LogP contribution in [0, 0.1) is 22.7 Å². The van der Waals surface area contributed by atoms with Crippen molar-refractivity contribution in [2.24, 2.45) is 11.5 Å². The molecular formula is C24H28FN7OS. The SMILES string of the molecule is CCc1c(C#N)c(SCc2ccc(CNC(=O)CN)cc2)nc(N2CCC(N)C(F)C2)c1C#N. The molecule has 1 saturated heterocycles. The van der Waals surface area contributed by atoms with Gasteiger partial charge in [-0.25, -0.2) is 9.37 Å². The molecule has 34 heavy (non-hydrogen) atoms. The van der Waals surface area contributed by atoms with Crippen molar-refractivity contribution in [3.63, 3.8) is 0 Å². The highest BCUT2D eigenvalue weighted by Gasteiger charge is 2.30. The molecule has 2 atom stereocenters. The minimum atomic E-state index is -1.20. The summed E-state index contributed by atoms with van der Waals surface area (Å²) >= 11 is 1.41. The van der Waals surface area contributed by atoms with Crippen molar-refractivity contribution >= 4 is 23.5 Å².